The zero-order valence-corrected chi connectivity index (χ0v) is 16.0. The number of allylic oxidation sites excluding steroid dienone is 2. The van der Waals surface area contributed by atoms with E-state index in [0.29, 0.717) is 5.92 Å². The molecule has 0 aliphatic heterocycles. The molecule has 3 fully saturated rings. The van der Waals surface area contributed by atoms with E-state index in [1.807, 2.05) is 6.07 Å². The van der Waals surface area contributed by atoms with Gasteiger partial charge in [-0.25, -0.2) is 4.39 Å². The third kappa shape index (κ3) is 3.54. The van der Waals surface area contributed by atoms with Gasteiger partial charge in [0.1, 0.15) is 5.82 Å². The van der Waals surface area contributed by atoms with Crippen molar-refractivity contribution in [1.82, 2.24) is 0 Å². The van der Waals surface area contributed by atoms with Crippen molar-refractivity contribution >= 4 is 11.6 Å². The van der Waals surface area contributed by atoms with Crippen LogP contribution in [0, 0.1) is 35.4 Å². The normalized spacial score (nSPS) is 38.4. The van der Waals surface area contributed by atoms with Gasteiger partial charge in [-0.05, 0) is 111 Å². The van der Waals surface area contributed by atoms with Crippen molar-refractivity contribution in [1.29, 1.82) is 0 Å². The van der Waals surface area contributed by atoms with Gasteiger partial charge in [0.15, 0.2) is 0 Å². The van der Waals surface area contributed by atoms with Gasteiger partial charge in [0.05, 0.1) is 5.02 Å². The molecule has 0 bridgehead atoms. The second kappa shape index (κ2) is 7.43. The van der Waals surface area contributed by atoms with Crippen LogP contribution in [0.15, 0.2) is 30.4 Å². The molecule has 2 heteroatoms. The summed E-state index contributed by atoms with van der Waals surface area (Å²) in [4.78, 5) is 0. The molecule has 0 spiro atoms. The Kier molecular flexibility index (Phi) is 5.23. The summed E-state index contributed by atoms with van der Waals surface area (Å²) < 4.78 is 13.9. The predicted molar refractivity (Wildman–Crippen MR) is 103 cm³/mol. The summed E-state index contributed by atoms with van der Waals surface area (Å²) in [6.07, 6.45) is 15.6. The molecule has 0 amide bonds. The largest absolute Gasteiger partial charge is 0.205 e. The van der Waals surface area contributed by atoms with Gasteiger partial charge in [0.2, 0.25) is 0 Å². The predicted octanol–water partition coefficient (Wildman–Crippen LogP) is 7.38. The first-order valence-electron chi connectivity index (χ1n) is 10.2. The van der Waals surface area contributed by atoms with Crippen molar-refractivity contribution < 1.29 is 4.39 Å². The molecular weight excluding hydrogens is 331 g/mol. The van der Waals surface area contributed by atoms with E-state index in [0.717, 1.165) is 29.6 Å². The standard InChI is InChI=1S/C23H30ClF/c1-2-3-15-4-9-20-18(12-15)5-6-19-13-16(7-10-21(19)20)17-8-11-22(24)23(25)14-17/h2-3,8,11,14-16,18-21H,4-7,9-10,12-13H2,1H3/t15-,16-,18-,19+,20+,21+/m1/s1. The third-order valence-electron chi connectivity index (χ3n) is 7.46. The molecule has 0 nitrogen and oxygen atoms in total. The first-order valence-corrected chi connectivity index (χ1v) is 10.6. The number of benzene rings is 1. The van der Waals surface area contributed by atoms with E-state index in [9.17, 15) is 4.39 Å². The summed E-state index contributed by atoms with van der Waals surface area (Å²) >= 11 is 5.86. The highest BCUT2D eigenvalue weighted by molar-refractivity contribution is 6.30. The minimum absolute atomic E-state index is 0.246. The van der Waals surface area contributed by atoms with Crippen LogP contribution in [-0.2, 0) is 0 Å². The molecule has 0 heterocycles. The minimum atomic E-state index is -0.257. The lowest BCUT2D eigenvalue weighted by molar-refractivity contribution is 0.0127. The fraction of sp³-hybridized carbons (Fsp3) is 0.652. The molecular formula is C23H30ClF. The lowest BCUT2D eigenvalue weighted by atomic mass is 9.55. The zero-order chi connectivity index (χ0) is 17.4. The van der Waals surface area contributed by atoms with E-state index in [2.05, 4.69) is 19.1 Å². The van der Waals surface area contributed by atoms with Crippen molar-refractivity contribution in [2.24, 2.45) is 29.6 Å². The molecule has 1 aromatic rings. The number of rotatable bonds is 2. The van der Waals surface area contributed by atoms with Crippen LogP contribution in [0.3, 0.4) is 0 Å². The molecule has 1 aromatic carbocycles. The van der Waals surface area contributed by atoms with Gasteiger partial charge in [-0.2, -0.15) is 0 Å². The van der Waals surface area contributed by atoms with Crippen LogP contribution in [0.1, 0.15) is 69.8 Å². The lowest BCUT2D eigenvalue weighted by Crippen LogP contribution is -2.41. The second-order valence-electron chi connectivity index (χ2n) is 8.71. The van der Waals surface area contributed by atoms with Gasteiger partial charge >= 0.3 is 0 Å². The Morgan fingerprint density at radius 1 is 0.960 bits per heavy atom. The average Bonchev–Trinajstić information content (AvgIpc) is 2.63. The van der Waals surface area contributed by atoms with Gasteiger partial charge in [-0.15, -0.1) is 0 Å². The molecule has 0 radical (unpaired) electrons. The van der Waals surface area contributed by atoms with Gasteiger partial charge in [0, 0.05) is 0 Å². The Morgan fingerprint density at radius 2 is 1.68 bits per heavy atom. The average molecular weight is 361 g/mol. The van der Waals surface area contributed by atoms with Gasteiger partial charge < -0.3 is 0 Å². The molecule has 0 aromatic heterocycles. The molecule has 0 N–H and O–H groups in total. The van der Waals surface area contributed by atoms with Gasteiger partial charge in [-0.1, -0.05) is 29.8 Å². The third-order valence-corrected chi connectivity index (χ3v) is 7.77. The Balaban J connectivity index is 1.43. The van der Waals surface area contributed by atoms with Crippen LogP contribution in [-0.4, -0.2) is 0 Å². The maximum absolute atomic E-state index is 13.9. The molecule has 4 rings (SSSR count). The molecule has 136 valence electrons. The van der Waals surface area contributed by atoms with Crippen LogP contribution in [0.25, 0.3) is 0 Å². The van der Waals surface area contributed by atoms with Crippen LogP contribution in [0.4, 0.5) is 4.39 Å². The summed E-state index contributed by atoms with van der Waals surface area (Å²) in [6.45, 7) is 2.16. The quantitative estimate of drug-likeness (QED) is 0.482. The SMILES string of the molecule is CC=C[C@@H]1CC[C@H]2[C@H](CC[C@H]3C[C@H](c4ccc(Cl)c(F)c4)CC[C@@H]32)C1. The van der Waals surface area contributed by atoms with E-state index in [4.69, 9.17) is 11.6 Å². The smallest absolute Gasteiger partial charge is 0.142 e. The van der Waals surface area contributed by atoms with E-state index in [-0.39, 0.29) is 10.8 Å². The first kappa shape index (κ1) is 17.6. The number of hydrogen-bond acceptors (Lipinski definition) is 0. The van der Waals surface area contributed by atoms with E-state index < -0.39 is 0 Å². The number of hydrogen-bond donors (Lipinski definition) is 0. The Morgan fingerprint density at radius 3 is 2.40 bits per heavy atom. The van der Waals surface area contributed by atoms with Crippen molar-refractivity contribution in [3.8, 4) is 0 Å². The molecule has 3 saturated carbocycles. The highest BCUT2D eigenvalue weighted by Crippen LogP contribution is 2.54. The van der Waals surface area contributed by atoms with Crippen molar-refractivity contribution in [3.05, 3.63) is 46.8 Å². The van der Waals surface area contributed by atoms with E-state index >= 15 is 0 Å². The van der Waals surface area contributed by atoms with Crippen LogP contribution in [0.5, 0.6) is 0 Å². The zero-order valence-electron chi connectivity index (χ0n) is 15.3. The summed E-state index contributed by atoms with van der Waals surface area (Å²) in [5, 5.41) is 0.246. The topological polar surface area (TPSA) is 0 Å². The Hall–Kier alpha value is -0.820. The fourth-order valence-corrected chi connectivity index (χ4v) is 6.46. The first-order chi connectivity index (χ1) is 12.2. The summed E-state index contributed by atoms with van der Waals surface area (Å²) in [7, 11) is 0. The van der Waals surface area contributed by atoms with Crippen LogP contribution < -0.4 is 0 Å². The van der Waals surface area contributed by atoms with Gasteiger partial charge in [0.25, 0.3) is 0 Å². The van der Waals surface area contributed by atoms with E-state index in [1.165, 1.54) is 56.9 Å². The molecule has 6 atom stereocenters. The number of fused-ring (bicyclic) bond motifs is 3. The summed E-state index contributed by atoms with van der Waals surface area (Å²) in [5.74, 6) is 4.81. The molecule has 3 aliphatic rings. The maximum Gasteiger partial charge on any atom is 0.142 e. The molecule has 3 aliphatic carbocycles. The second-order valence-corrected chi connectivity index (χ2v) is 9.11. The van der Waals surface area contributed by atoms with Gasteiger partial charge in [-0.3, -0.25) is 0 Å². The molecule has 25 heavy (non-hydrogen) atoms. The monoisotopic (exact) mass is 360 g/mol. The minimum Gasteiger partial charge on any atom is -0.205 e. The van der Waals surface area contributed by atoms with E-state index in [1.54, 1.807) is 12.1 Å². The van der Waals surface area contributed by atoms with Crippen molar-refractivity contribution in [3.63, 3.8) is 0 Å². The highest BCUT2D eigenvalue weighted by atomic mass is 35.5. The Bertz CT molecular complexity index is 637. The molecule has 0 unspecified atom stereocenters. The Labute approximate surface area is 156 Å². The van der Waals surface area contributed by atoms with Crippen LogP contribution >= 0.6 is 11.6 Å². The lowest BCUT2D eigenvalue weighted by Gasteiger charge is -2.50. The highest BCUT2D eigenvalue weighted by Gasteiger charge is 2.44. The number of halogens is 2. The summed E-state index contributed by atoms with van der Waals surface area (Å²) in [5.41, 5.74) is 1.17. The summed E-state index contributed by atoms with van der Waals surface area (Å²) in [6, 6.07) is 5.46. The van der Waals surface area contributed by atoms with Crippen molar-refractivity contribution in [2.75, 3.05) is 0 Å². The molecule has 0 saturated heterocycles. The fourth-order valence-electron chi connectivity index (χ4n) is 6.35. The van der Waals surface area contributed by atoms with Crippen LogP contribution in [0.2, 0.25) is 5.02 Å². The maximum atomic E-state index is 13.9. The van der Waals surface area contributed by atoms with Crippen molar-refractivity contribution in [2.45, 2.75) is 64.2 Å².